The minimum Gasteiger partial charge on any atom is -0.496 e. The largest absolute Gasteiger partial charge is 0.496 e. The van der Waals surface area contributed by atoms with Gasteiger partial charge in [-0.2, -0.15) is 0 Å². The molecule has 3 heterocycles. The van der Waals surface area contributed by atoms with Crippen LogP contribution in [0.15, 0.2) is 18.2 Å². The maximum absolute atomic E-state index is 12.9. The summed E-state index contributed by atoms with van der Waals surface area (Å²) < 4.78 is 13.1. The van der Waals surface area contributed by atoms with Gasteiger partial charge in [0, 0.05) is 37.7 Å². The third kappa shape index (κ3) is 4.33. The Kier molecular flexibility index (Phi) is 6.97. The Morgan fingerprint density at radius 2 is 1.83 bits per heavy atom. The second-order valence-corrected chi connectivity index (χ2v) is 7.28. The molecule has 1 amide bonds. The van der Waals surface area contributed by atoms with Gasteiger partial charge in [0.15, 0.2) is 0 Å². The number of rotatable bonds is 5. The number of aromatic nitrogens is 3. The molecule has 0 aliphatic carbocycles. The van der Waals surface area contributed by atoms with Crippen molar-refractivity contribution in [2.45, 2.75) is 38.3 Å². The molecule has 1 aromatic carbocycles. The monoisotopic (exact) mass is 421 g/mol. The van der Waals surface area contributed by atoms with Crippen molar-refractivity contribution in [1.29, 1.82) is 0 Å². The Bertz CT molecular complexity index is 826. The zero-order chi connectivity index (χ0) is 19.5. The Labute approximate surface area is 177 Å². The average molecular weight is 422 g/mol. The molecule has 2 aromatic rings. The van der Waals surface area contributed by atoms with Gasteiger partial charge in [-0.25, -0.2) is 0 Å². The van der Waals surface area contributed by atoms with E-state index in [2.05, 4.69) is 20.1 Å². The van der Waals surface area contributed by atoms with Gasteiger partial charge in [-0.3, -0.25) is 4.79 Å². The van der Waals surface area contributed by atoms with E-state index in [1.54, 1.807) is 14.2 Å². The molecule has 1 N–H and O–H groups in total. The van der Waals surface area contributed by atoms with Gasteiger partial charge in [-0.15, -0.1) is 22.6 Å². The van der Waals surface area contributed by atoms with E-state index in [0.29, 0.717) is 17.4 Å². The topological polar surface area (TPSA) is 81.5 Å². The summed E-state index contributed by atoms with van der Waals surface area (Å²) in [7, 11) is 3.23. The average Bonchev–Trinajstić information content (AvgIpc) is 3.18. The van der Waals surface area contributed by atoms with Crippen molar-refractivity contribution < 1.29 is 14.3 Å². The van der Waals surface area contributed by atoms with Crippen LogP contribution in [0, 0.1) is 0 Å². The van der Waals surface area contributed by atoms with Crippen molar-refractivity contribution in [3.05, 3.63) is 35.4 Å². The normalized spacial score (nSPS) is 16.7. The predicted octanol–water partition coefficient (Wildman–Crippen LogP) is 1.77. The molecule has 0 atom stereocenters. The van der Waals surface area contributed by atoms with Crippen LogP contribution in [0.2, 0.25) is 0 Å². The molecule has 2 aliphatic heterocycles. The number of hydrogen-bond acceptors (Lipinski definition) is 6. The van der Waals surface area contributed by atoms with Crippen LogP contribution in [0.25, 0.3) is 0 Å². The van der Waals surface area contributed by atoms with Crippen molar-refractivity contribution in [3.8, 4) is 11.5 Å². The number of halogens is 1. The quantitative estimate of drug-likeness (QED) is 0.792. The van der Waals surface area contributed by atoms with Crippen molar-refractivity contribution >= 4 is 18.3 Å². The third-order valence-electron chi connectivity index (χ3n) is 5.72. The van der Waals surface area contributed by atoms with Crippen molar-refractivity contribution in [2.24, 2.45) is 0 Å². The lowest BCUT2D eigenvalue weighted by Crippen LogP contribution is -2.39. The first-order chi connectivity index (χ1) is 13.7. The number of piperidine rings is 1. The number of hydrogen-bond donors (Lipinski definition) is 1. The Morgan fingerprint density at radius 1 is 1.14 bits per heavy atom. The maximum Gasteiger partial charge on any atom is 0.227 e. The van der Waals surface area contributed by atoms with Gasteiger partial charge in [0.25, 0.3) is 0 Å². The first-order valence-electron chi connectivity index (χ1n) is 9.81. The van der Waals surface area contributed by atoms with Crippen LogP contribution in [-0.4, -0.2) is 59.4 Å². The van der Waals surface area contributed by atoms with Gasteiger partial charge in [-0.05, 0) is 25.0 Å². The lowest BCUT2D eigenvalue weighted by molar-refractivity contribution is -0.131. The first kappa shape index (κ1) is 21.4. The zero-order valence-electron chi connectivity index (χ0n) is 16.9. The van der Waals surface area contributed by atoms with Gasteiger partial charge in [-0.1, -0.05) is 6.07 Å². The Hall–Kier alpha value is -2.32. The van der Waals surface area contributed by atoms with E-state index in [1.807, 2.05) is 23.1 Å². The SMILES string of the molecule is COc1cccc(OC)c1CC(=O)N1CCC(c2nnc3n2CCNC3)CC1.Cl. The highest BCUT2D eigenvalue weighted by Gasteiger charge is 2.29. The highest BCUT2D eigenvalue weighted by Crippen LogP contribution is 2.31. The number of nitrogens with zero attached hydrogens (tertiary/aromatic N) is 4. The van der Waals surface area contributed by atoms with Gasteiger partial charge in [0.2, 0.25) is 5.91 Å². The molecule has 0 unspecified atom stereocenters. The molecule has 0 bridgehead atoms. The minimum absolute atomic E-state index is 0. The molecule has 1 fully saturated rings. The molecule has 0 spiro atoms. The molecular weight excluding hydrogens is 394 g/mol. The van der Waals surface area contributed by atoms with E-state index in [9.17, 15) is 4.79 Å². The lowest BCUT2D eigenvalue weighted by atomic mass is 9.95. The summed E-state index contributed by atoms with van der Waals surface area (Å²) in [5.41, 5.74) is 0.804. The highest BCUT2D eigenvalue weighted by atomic mass is 35.5. The van der Waals surface area contributed by atoms with E-state index < -0.39 is 0 Å². The van der Waals surface area contributed by atoms with Crippen LogP contribution in [0.4, 0.5) is 0 Å². The van der Waals surface area contributed by atoms with Crippen LogP contribution < -0.4 is 14.8 Å². The highest BCUT2D eigenvalue weighted by molar-refractivity contribution is 5.85. The summed E-state index contributed by atoms with van der Waals surface area (Å²) in [6, 6.07) is 5.59. The molecule has 1 saturated heterocycles. The molecule has 4 rings (SSSR count). The number of methoxy groups -OCH3 is 2. The second-order valence-electron chi connectivity index (χ2n) is 7.28. The molecule has 2 aliphatic rings. The third-order valence-corrected chi connectivity index (χ3v) is 5.72. The van der Waals surface area contributed by atoms with Crippen molar-refractivity contribution in [1.82, 2.24) is 25.0 Å². The van der Waals surface area contributed by atoms with Crippen molar-refractivity contribution in [3.63, 3.8) is 0 Å². The molecule has 29 heavy (non-hydrogen) atoms. The summed E-state index contributed by atoms with van der Waals surface area (Å²) in [5.74, 6) is 3.94. The second kappa shape index (κ2) is 9.45. The lowest BCUT2D eigenvalue weighted by Gasteiger charge is -2.32. The summed E-state index contributed by atoms with van der Waals surface area (Å²) in [6.07, 6.45) is 2.12. The van der Waals surface area contributed by atoms with Crippen LogP contribution in [0.5, 0.6) is 11.5 Å². The van der Waals surface area contributed by atoms with Gasteiger partial charge in [0.1, 0.15) is 23.1 Å². The van der Waals surface area contributed by atoms with Crippen molar-refractivity contribution in [2.75, 3.05) is 33.9 Å². The summed E-state index contributed by atoms with van der Waals surface area (Å²) in [6.45, 7) is 4.13. The fraction of sp³-hybridized carbons (Fsp3) is 0.550. The van der Waals surface area contributed by atoms with Gasteiger partial charge < -0.3 is 24.3 Å². The van der Waals surface area contributed by atoms with E-state index in [1.165, 1.54) is 0 Å². The van der Waals surface area contributed by atoms with Crippen LogP contribution in [0.1, 0.15) is 36.0 Å². The van der Waals surface area contributed by atoms with E-state index in [-0.39, 0.29) is 24.7 Å². The zero-order valence-corrected chi connectivity index (χ0v) is 17.7. The number of fused-ring (bicyclic) bond motifs is 1. The maximum atomic E-state index is 12.9. The van der Waals surface area contributed by atoms with Crippen LogP contribution in [0.3, 0.4) is 0 Å². The van der Waals surface area contributed by atoms with Crippen LogP contribution >= 0.6 is 12.4 Å². The standard InChI is InChI=1S/C20H27N5O3.ClH/c1-27-16-4-3-5-17(28-2)15(16)12-19(26)24-9-6-14(7-10-24)20-23-22-18-13-21-8-11-25(18)20;/h3-5,14,21H,6-13H2,1-2H3;1H. The number of carbonyl (C=O) groups is 1. The first-order valence-corrected chi connectivity index (χ1v) is 9.81. The van der Waals surface area contributed by atoms with E-state index in [4.69, 9.17) is 9.47 Å². The smallest absolute Gasteiger partial charge is 0.227 e. The number of benzene rings is 1. The number of nitrogens with one attached hydrogen (secondary N) is 1. The van der Waals surface area contributed by atoms with Crippen LogP contribution in [-0.2, 0) is 24.3 Å². The number of carbonyl (C=O) groups excluding carboxylic acids is 1. The fourth-order valence-electron chi connectivity index (χ4n) is 4.17. The Morgan fingerprint density at radius 3 is 2.48 bits per heavy atom. The summed E-state index contributed by atoms with van der Waals surface area (Å²) in [4.78, 5) is 14.8. The summed E-state index contributed by atoms with van der Waals surface area (Å²) >= 11 is 0. The fourth-order valence-corrected chi connectivity index (χ4v) is 4.17. The molecular formula is C20H28ClN5O3. The van der Waals surface area contributed by atoms with E-state index in [0.717, 1.165) is 62.8 Å². The van der Waals surface area contributed by atoms with Gasteiger partial charge in [0.05, 0.1) is 27.2 Å². The van der Waals surface area contributed by atoms with E-state index >= 15 is 0 Å². The minimum atomic E-state index is 0. The summed E-state index contributed by atoms with van der Waals surface area (Å²) in [5, 5.41) is 12.1. The molecule has 1 aromatic heterocycles. The number of likely N-dealkylation sites (tertiary alicyclic amines) is 1. The molecule has 9 heteroatoms. The number of amides is 1. The van der Waals surface area contributed by atoms with Gasteiger partial charge >= 0.3 is 0 Å². The number of ether oxygens (including phenoxy) is 2. The predicted molar refractivity (Wildman–Crippen MR) is 111 cm³/mol. The molecule has 8 nitrogen and oxygen atoms in total. The Balaban J connectivity index is 0.00000240. The molecule has 0 radical (unpaired) electrons. The molecule has 158 valence electrons. The molecule has 0 saturated carbocycles.